The molecule has 1 aromatic heterocycles. The number of oxazole rings is 1. The molecule has 1 atom stereocenters. The molecule has 1 unspecified atom stereocenters. The molecule has 2 fully saturated rings. The minimum atomic E-state index is -0.732. The van der Waals surface area contributed by atoms with Crippen molar-refractivity contribution in [3.8, 4) is 11.5 Å². The average Bonchev–Trinajstić information content (AvgIpc) is 3.19. The lowest BCUT2D eigenvalue weighted by molar-refractivity contribution is -0.161. The third kappa shape index (κ3) is 4.90. The molecule has 0 saturated carbocycles. The van der Waals surface area contributed by atoms with Crippen LogP contribution in [0.1, 0.15) is 64.3 Å². The number of carbonyl (C=O) groups is 2. The maximum Gasteiger partial charge on any atom is 0.246 e. The first-order valence-corrected chi connectivity index (χ1v) is 12.7. The molecule has 1 N–H and O–H groups in total. The Hall–Kier alpha value is -2.67. The SMILES string of the molecule is CCCCN1C(=O)C(CC(C)C)NC(=O)C12CCN(Cc1nc(-c3ccccc3)oc1C)CC2. The van der Waals surface area contributed by atoms with E-state index in [1.165, 1.54) is 0 Å². The Morgan fingerprint density at radius 3 is 2.53 bits per heavy atom. The molecule has 2 aromatic rings. The molecule has 1 spiro atoms. The highest BCUT2D eigenvalue weighted by molar-refractivity contribution is 6.00. The Morgan fingerprint density at radius 1 is 1.18 bits per heavy atom. The number of likely N-dealkylation sites (tertiary alicyclic amines) is 1. The fraction of sp³-hybridized carbons (Fsp3) is 0.593. The molecule has 2 amide bonds. The van der Waals surface area contributed by atoms with Crippen LogP contribution in [0.25, 0.3) is 11.5 Å². The standard InChI is InChI=1S/C27H38N4O3/c1-5-6-14-31-25(32)22(17-19(2)3)29-26(33)27(31)12-15-30(16-13-27)18-23-20(4)34-24(28-23)21-10-8-7-9-11-21/h7-11,19,22H,5-6,12-18H2,1-4H3,(H,29,33). The maximum atomic E-state index is 13.4. The molecular formula is C27H38N4O3. The summed E-state index contributed by atoms with van der Waals surface area (Å²) >= 11 is 0. The quantitative estimate of drug-likeness (QED) is 0.632. The number of benzene rings is 1. The second-order valence-corrected chi connectivity index (χ2v) is 10.2. The van der Waals surface area contributed by atoms with Gasteiger partial charge in [0.25, 0.3) is 0 Å². The van der Waals surface area contributed by atoms with E-state index in [2.05, 4.69) is 31.0 Å². The van der Waals surface area contributed by atoms with Crippen LogP contribution in [0.3, 0.4) is 0 Å². The molecule has 34 heavy (non-hydrogen) atoms. The second kappa shape index (κ2) is 10.3. The summed E-state index contributed by atoms with van der Waals surface area (Å²) in [6.07, 6.45) is 3.89. The van der Waals surface area contributed by atoms with Gasteiger partial charge in [0.2, 0.25) is 17.7 Å². The van der Waals surface area contributed by atoms with Crippen LogP contribution < -0.4 is 5.32 Å². The molecule has 2 saturated heterocycles. The number of rotatable bonds is 8. The monoisotopic (exact) mass is 466 g/mol. The van der Waals surface area contributed by atoms with Gasteiger partial charge in [-0.2, -0.15) is 0 Å². The molecule has 2 aliphatic rings. The van der Waals surface area contributed by atoms with E-state index in [1.54, 1.807) is 0 Å². The molecule has 7 nitrogen and oxygen atoms in total. The largest absolute Gasteiger partial charge is 0.441 e. The molecular weight excluding hydrogens is 428 g/mol. The van der Waals surface area contributed by atoms with E-state index in [-0.39, 0.29) is 11.8 Å². The number of unbranched alkanes of at least 4 members (excludes halogenated alkanes) is 1. The molecule has 1 aromatic carbocycles. The van der Waals surface area contributed by atoms with Crippen molar-refractivity contribution < 1.29 is 14.0 Å². The summed E-state index contributed by atoms with van der Waals surface area (Å²) in [5.74, 6) is 1.93. The Balaban J connectivity index is 1.46. The lowest BCUT2D eigenvalue weighted by Crippen LogP contribution is -2.73. The number of piperazine rings is 1. The van der Waals surface area contributed by atoms with Crippen LogP contribution in [0, 0.1) is 12.8 Å². The average molecular weight is 467 g/mol. The predicted octanol–water partition coefficient (Wildman–Crippen LogP) is 4.16. The number of hydrogen-bond donors (Lipinski definition) is 1. The van der Waals surface area contributed by atoms with Crippen molar-refractivity contribution >= 4 is 11.8 Å². The lowest BCUT2D eigenvalue weighted by Gasteiger charge is -2.52. The summed E-state index contributed by atoms with van der Waals surface area (Å²) in [5.41, 5.74) is 1.16. The molecule has 2 aliphatic heterocycles. The van der Waals surface area contributed by atoms with Crippen LogP contribution in [0.2, 0.25) is 0 Å². The zero-order valence-electron chi connectivity index (χ0n) is 21.0. The first kappa shape index (κ1) is 24.5. The van der Waals surface area contributed by atoms with Crippen molar-refractivity contribution in [1.82, 2.24) is 20.1 Å². The summed E-state index contributed by atoms with van der Waals surface area (Å²) in [4.78, 5) is 35.8. The lowest BCUT2D eigenvalue weighted by atomic mass is 9.80. The zero-order valence-corrected chi connectivity index (χ0v) is 21.0. The van der Waals surface area contributed by atoms with Crippen molar-refractivity contribution in [3.63, 3.8) is 0 Å². The van der Waals surface area contributed by atoms with Crippen molar-refractivity contribution in [1.29, 1.82) is 0 Å². The van der Waals surface area contributed by atoms with Crippen LogP contribution in [0.4, 0.5) is 0 Å². The minimum absolute atomic E-state index is 0.0254. The van der Waals surface area contributed by atoms with E-state index in [9.17, 15) is 9.59 Å². The minimum Gasteiger partial charge on any atom is -0.441 e. The fourth-order valence-corrected chi connectivity index (χ4v) is 5.22. The van der Waals surface area contributed by atoms with E-state index in [0.29, 0.717) is 44.2 Å². The number of carbonyl (C=O) groups excluding carboxylic acids is 2. The van der Waals surface area contributed by atoms with Crippen LogP contribution >= 0.6 is 0 Å². The fourth-order valence-electron chi connectivity index (χ4n) is 5.22. The van der Waals surface area contributed by atoms with Crippen LogP contribution in [-0.4, -0.2) is 57.8 Å². The van der Waals surface area contributed by atoms with Gasteiger partial charge in [0.05, 0.1) is 5.69 Å². The summed E-state index contributed by atoms with van der Waals surface area (Å²) in [6.45, 7) is 11.1. The molecule has 4 rings (SSSR count). The summed E-state index contributed by atoms with van der Waals surface area (Å²) < 4.78 is 5.93. The number of aromatic nitrogens is 1. The Labute approximate surface area is 202 Å². The van der Waals surface area contributed by atoms with E-state index in [4.69, 9.17) is 9.40 Å². The maximum absolute atomic E-state index is 13.4. The predicted molar refractivity (Wildman–Crippen MR) is 132 cm³/mol. The van der Waals surface area contributed by atoms with E-state index in [0.717, 1.165) is 42.9 Å². The van der Waals surface area contributed by atoms with Crippen molar-refractivity contribution in [3.05, 3.63) is 41.8 Å². The van der Waals surface area contributed by atoms with Gasteiger partial charge < -0.3 is 14.6 Å². The molecule has 7 heteroatoms. The highest BCUT2D eigenvalue weighted by atomic mass is 16.4. The van der Waals surface area contributed by atoms with E-state index < -0.39 is 11.6 Å². The highest BCUT2D eigenvalue weighted by Crippen LogP contribution is 2.35. The molecule has 0 aliphatic carbocycles. The number of amides is 2. The van der Waals surface area contributed by atoms with Crippen LogP contribution in [0.15, 0.2) is 34.7 Å². The smallest absolute Gasteiger partial charge is 0.246 e. The van der Waals surface area contributed by atoms with Gasteiger partial charge in [-0.25, -0.2) is 4.98 Å². The Morgan fingerprint density at radius 2 is 1.88 bits per heavy atom. The van der Waals surface area contributed by atoms with Crippen molar-refractivity contribution in [2.45, 2.75) is 77.9 Å². The van der Waals surface area contributed by atoms with E-state index >= 15 is 0 Å². The van der Waals surface area contributed by atoms with Gasteiger partial charge in [0.1, 0.15) is 17.3 Å². The summed E-state index contributed by atoms with van der Waals surface area (Å²) in [5, 5.41) is 3.08. The third-order valence-electron chi connectivity index (χ3n) is 7.22. The Kier molecular flexibility index (Phi) is 7.41. The molecule has 0 radical (unpaired) electrons. The van der Waals surface area contributed by atoms with E-state index in [1.807, 2.05) is 42.2 Å². The van der Waals surface area contributed by atoms with Gasteiger partial charge in [-0.1, -0.05) is 45.4 Å². The number of nitrogens with one attached hydrogen (secondary N) is 1. The van der Waals surface area contributed by atoms with Crippen molar-refractivity contribution in [2.24, 2.45) is 5.92 Å². The summed E-state index contributed by atoms with van der Waals surface area (Å²) in [7, 11) is 0. The highest BCUT2D eigenvalue weighted by Gasteiger charge is 2.53. The van der Waals surface area contributed by atoms with Gasteiger partial charge in [-0.3, -0.25) is 14.5 Å². The van der Waals surface area contributed by atoms with Gasteiger partial charge >= 0.3 is 0 Å². The van der Waals surface area contributed by atoms with Crippen LogP contribution in [0.5, 0.6) is 0 Å². The van der Waals surface area contributed by atoms with Gasteiger partial charge in [0.15, 0.2) is 0 Å². The number of hydrogen-bond acceptors (Lipinski definition) is 5. The third-order valence-corrected chi connectivity index (χ3v) is 7.22. The molecule has 184 valence electrons. The molecule has 3 heterocycles. The number of aryl methyl sites for hydroxylation is 1. The van der Waals surface area contributed by atoms with Crippen LogP contribution in [-0.2, 0) is 16.1 Å². The molecule has 0 bridgehead atoms. The van der Waals surface area contributed by atoms with Gasteiger partial charge in [-0.15, -0.1) is 0 Å². The number of nitrogens with zero attached hydrogens (tertiary/aromatic N) is 3. The Bertz CT molecular complexity index is 993. The first-order valence-electron chi connectivity index (χ1n) is 12.7. The topological polar surface area (TPSA) is 78.7 Å². The first-order chi connectivity index (χ1) is 16.3. The normalized spacial score (nSPS) is 20.9. The van der Waals surface area contributed by atoms with Crippen molar-refractivity contribution in [2.75, 3.05) is 19.6 Å². The summed E-state index contributed by atoms with van der Waals surface area (Å²) in [6, 6.07) is 9.52. The zero-order chi connectivity index (χ0) is 24.3. The second-order valence-electron chi connectivity index (χ2n) is 10.2. The van der Waals surface area contributed by atoms with Gasteiger partial charge in [-0.05, 0) is 50.7 Å². The van der Waals surface area contributed by atoms with Gasteiger partial charge in [0, 0.05) is 31.7 Å². The number of piperidine rings is 1.